The van der Waals surface area contributed by atoms with Gasteiger partial charge in [0, 0.05) is 17.9 Å². The fourth-order valence-corrected chi connectivity index (χ4v) is 2.35. The Morgan fingerprint density at radius 3 is 2.41 bits per heavy atom. The Labute approximate surface area is 165 Å². The Balaban J connectivity index is 1.95. The van der Waals surface area contributed by atoms with Crippen LogP contribution in [0.1, 0.15) is 28.8 Å². The first-order valence-electron chi connectivity index (χ1n) is 8.60. The fraction of sp³-hybridized carbons (Fsp3) is 0.263. The summed E-state index contributed by atoms with van der Waals surface area (Å²) in [6.07, 6.45) is 0.115. The molecule has 6 N–H and O–H groups in total. The van der Waals surface area contributed by atoms with Crippen LogP contribution in [0.25, 0.3) is 0 Å². The smallest absolute Gasteiger partial charge is 0.379 e. The third-order valence-electron chi connectivity index (χ3n) is 3.99. The Morgan fingerprint density at radius 2 is 1.86 bits per heavy atom. The van der Waals surface area contributed by atoms with Gasteiger partial charge in [0.2, 0.25) is 11.7 Å². The molecule has 1 amide bonds. The number of aliphatic carboxylic acids is 1. The molecule has 1 aromatic carbocycles. The molecular weight excluding hydrogens is 382 g/mol. The normalized spacial score (nSPS) is 12.6. The second kappa shape index (κ2) is 9.51. The maximum absolute atomic E-state index is 12.2. The van der Waals surface area contributed by atoms with Gasteiger partial charge in [-0.1, -0.05) is 6.92 Å². The summed E-state index contributed by atoms with van der Waals surface area (Å²) >= 11 is 0. The Bertz CT molecular complexity index is 905. The van der Waals surface area contributed by atoms with Crippen molar-refractivity contribution in [2.75, 3.05) is 6.61 Å². The summed E-state index contributed by atoms with van der Waals surface area (Å²) in [7, 11) is 0. The van der Waals surface area contributed by atoms with Gasteiger partial charge in [0.1, 0.15) is 23.4 Å². The number of nitrogen functional groups attached to an aromatic ring is 1. The van der Waals surface area contributed by atoms with Crippen molar-refractivity contribution in [3.05, 3.63) is 53.5 Å². The quantitative estimate of drug-likeness (QED) is 0.174. The van der Waals surface area contributed by atoms with Crippen LogP contribution < -0.4 is 15.8 Å². The number of ether oxygens (including phenoxy) is 1. The lowest BCUT2D eigenvalue weighted by Crippen LogP contribution is -2.45. The zero-order valence-corrected chi connectivity index (χ0v) is 15.5. The van der Waals surface area contributed by atoms with Crippen molar-refractivity contribution in [2.24, 2.45) is 11.7 Å². The zero-order valence-electron chi connectivity index (χ0n) is 15.5. The van der Waals surface area contributed by atoms with Gasteiger partial charge >= 0.3 is 11.9 Å². The van der Waals surface area contributed by atoms with Gasteiger partial charge in [-0.05, 0) is 36.4 Å². The van der Waals surface area contributed by atoms with Crippen molar-refractivity contribution in [1.29, 1.82) is 5.41 Å². The molecule has 0 radical (unpaired) electrons. The number of carbonyl (C=O) groups is 3. The number of carbonyl (C=O) groups excluding carboxylic acids is 2. The van der Waals surface area contributed by atoms with Crippen molar-refractivity contribution in [1.82, 2.24) is 5.32 Å². The van der Waals surface area contributed by atoms with Crippen LogP contribution in [-0.4, -0.2) is 46.5 Å². The number of nitrogens with one attached hydrogen (secondary N) is 2. The topological polar surface area (TPSA) is 176 Å². The number of carboxylic acids is 1. The van der Waals surface area contributed by atoms with Gasteiger partial charge in [-0.3, -0.25) is 10.2 Å². The van der Waals surface area contributed by atoms with E-state index in [1.165, 1.54) is 36.4 Å². The molecule has 2 rings (SSSR count). The first-order chi connectivity index (χ1) is 13.7. The van der Waals surface area contributed by atoms with E-state index < -0.39 is 36.4 Å². The molecule has 29 heavy (non-hydrogen) atoms. The van der Waals surface area contributed by atoms with E-state index in [0.717, 1.165) is 0 Å². The Kier molecular flexibility index (Phi) is 7.10. The SMILES string of the molecule is CC(Cc1ccc(C(=O)Oc2ccc(C(=N)N)cc2)o1)C(=O)N[C@@H](CO)C(=O)O. The van der Waals surface area contributed by atoms with Crippen LogP contribution in [0.4, 0.5) is 0 Å². The minimum absolute atomic E-state index is 0.0676. The monoisotopic (exact) mass is 403 g/mol. The summed E-state index contributed by atoms with van der Waals surface area (Å²) in [6, 6.07) is 7.59. The van der Waals surface area contributed by atoms with E-state index in [2.05, 4.69) is 5.32 Å². The number of hydrogen-bond acceptors (Lipinski definition) is 7. The molecule has 0 spiro atoms. The van der Waals surface area contributed by atoms with E-state index in [9.17, 15) is 14.4 Å². The zero-order chi connectivity index (χ0) is 21.6. The third kappa shape index (κ3) is 5.91. The van der Waals surface area contributed by atoms with Gasteiger partial charge in [-0.2, -0.15) is 0 Å². The van der Waals surface area contributed by atoms with Crippen LogP contribution in [0.15, 0.2) is 40.8 Å². The van der Waals surface area contributed by atoms with Crippen LogP contribution >= 0.6 is 0 Å². The molecule has 0 aliphatic rings. The number of hydrogen-bond donors (Lipinski definition) is 5. The molecule has 2 atom stereocenters. The Hall–Kier alpha value is -3.66. The lowest BCUT2D eigenvalue weighted by molar-refractivity contribution is -0.143. The maximum Gasteiger partial charge on any atom is 0.379 e. The van der Waals surface area contributed by atoms with Crippen molar-refractivity contribution in [3.8, 4) is 5.75 Å². The average molecular weight is 403 g/mol. The molecule has 1 aromatic heterocycles. The third-order valence-corrected chi connectivity index (χ3v) is 3.99. The summed E-state index contributed by atoms with van der Waals surface area (Å²) in [4.78, 5) is 35.1. The Morgan fingerprint density at radius 1 is 1.21 bits per heavy atom. The van der Waals surface area contributed by atoms with Crippen molar-refractivity contribution >= 4 is 23.7 Å². The van der Waals surface area contributed by atoms with Crippen LogP contribution in [0.5, 0.6) is 5.75 Å². The van der Waals surface area contributed by atoms with Crippen LogP contribution in [0.2, 0.25) is 0 Å². The molecule has 0 saturated heterocycles. The predicted octanol–water partition coefficient (Wildman–Crippen LogP) is 0.523. The molecule has 0 aliphatic heterocycles. The molecular formula is C19H21N3O7. The van der Waals surface area contributed by atoms with Crippen LogP contribution in [0.3, 0.4) is 0 Å². The highest BCUT2D eigenvalue weighted by Gasteiger charge is 2.23. The molecule has 2 aromatic rings. The van der Waals surface area contributed by atoms with Gasteiger partial charge in [-0.15, -0.1) is 0 Å². The minimum atomic E-state index is -1.39. The fourth-order valence-electron chi connectivity index (χ4n) is 2.35. The van der Waals surface area contributed by atoms with Crippen molar-refractivity contribution < 1.29 is 33.8 Å². The van der Waals surface area contributed by atoms with Gasteiger partial charge in [-0.25, -0.2) is 9.59 Å². The molecule has 1 heterocycles. The van der Waals surface area contributed by atoms with Gasteiger partial charge in [0.05, 0.1) is 6.61 Å². The van der Waals surface area contributed by atoms with E-state index in [0.29, 0.717) is 11.3 Å². The summed E-state index contributed by atoms with van der Waals surface area (Å²) < 4.78 is 10.6. The first kappa shape index (κ1) is 21.6. The highest BCUT2D eigenvalue weighted by atomic mass is 16.5. The number of carboxylic acid groups (broad SMARTS) is 1. The predicted molar refractivity (Wildman–Crippen MR) is 101 cm³/mol. The highest BCUT2D eigenvalue weighted by Crippen LogP contribution is 2.17. The number of amides is 1. The summed E-state index contributed by atoms with van der Waals surface area (Å²) in [5, 5.41) is 27.4. The maximum atomic E-state index is 12.2. The number of amidine groups is 1. The molecule has 1 unspecified atom stereocenters. The second-order valence-corrected chi connectivity index (χ2v) is 6.28. The van der Waals surface area contributed by atoms with E-state index in [1.807, 2.05) is 0 Å². The highest BCUT2D eigenvalue weighted by molar-refractivity contribution is 5.95. The molecule has 0 saturated carbocycles. The molecule has 0 bridgehead atoms. The number of furan rings is 1. The average Bonchev–Trinajstić information content (AvgIpc) is 3.14. The van der Waals surface area contributed by atoms with Gasteiger partial charge < -0.3 is 30.4 Å². The molecule has 154 valence electrons. The molecule has 10 nitrogen and oxygen atoms in total. The second-order valence-electron chi connectivity index (χ2n) is 6.28. The van der Waals surface area contributed by atoms with E-state index in [4.69, 9.17) is 30.5 Å². The van der Waals surface area contributed by atoms with Gasteiger partial charge in [0.15, 0.2) is 0 Å². The van der Waals surface area contributed by atoms with E-state index in [1.54, 1.807) is 6.92 Å². The molecule has 10 heteroatoms. The number of esters is 1. The number of nitrogens with two attached hydrogens (primary N) is 1. The lowest BCUT2D eigenvalue weighted by Gasteiger charge is -2.15. The summed E-state index contributed by atoms with van der Waals surface area (Å²) in [5.41, 5.74) is 5.85. The van der Waals surface area contributed by atoms with E-state index in [-0.39, 0.29) is 23.8 Å². The number of aliphatic hydroxyl groups excluding tert-OH is 1. The number of aliphatic hydroxyl groups is 1. The number of benzene rings is 1. The summed E-state index contributed by atoms with van der Waals surface area (Å²) in [6.45, 7) is 0.834. The van der Waals surface area contributed by atoms with Crippen LogP contribution in [0, 0.1) is 11.3 Å². The van der Waals surface area contributed by atoms with Crippen molar-refractivity contribution in [3.63, 3.8) is 0 Å². The minimum Gasteiger partial charge on any atom is -0.480 e. The summed E-state index contributed by atoms with van der Waals surface area (Å²) in [5.74, 6) is -2.90. The molecule has 0 aliphatic carbocycles. The van der Waals surface area contributed by atoms with E-state index >= 15 is 0 Å². The van der Waals surface area contributed by atoms with Gasteiger partial charge in [0.25, 0.3) is 0 Å². The first-order valence-corrected chi connectivity index (χ1v) is 8.60. The molecule has 0 fully saturated rings. The van der Waals surface area contributed by atoms with Crippen molar-refractivity contribution in [2.45, 2.75) is 19.4 Å². The largest absolute Gasteiger partial charge is 0.480 e. The number of rotatable bonds is 9. The standard InChI is InChI=1S/C19H21N3O7/c1-10(17(24)22-14(9-23)18(25)26)8-13-6-7-15(28-13)19(27)29-12-4-2-11(3-5-12)16(20)21/h2-7,10,14,23H,8-9H2,1H3,(H3,20,21)(H,22,24)(H,25,26)/t10?,14-/m0/s1. The van der Waals surface area contributed by atoms with Crippen LogP contribution in [-0.2, 0) is 16.0 Å². The lowest BCUT2D eigenvalue weighted by atomic mass is 10.1.